The maximum Gasteiger partial charge on any atom is 0.256 e. The molecule has 0 unspecified atom stereocenters. The molecule has 19 heavy (non-hydrogen) atoms. The number of hydrogen-bond acceptors (Lipinski definition) is 6. The van der Waals surface area contributed by atoms with Crippen LogP contribution in [-0.4, -0.2) is 56.8 Å². The predicted octanol–water partition coefficient (Wildman–Crippen LogP) is 1.07. The van der Waals surface area contributed by atoms with Crippen LogP contribution in [0.5, 0.6) is 0 Å². The largest absolute Gasteiger partial charge is 0.354 e. The molecule has 2 heterocycles. The Morgan fingerprint density at radius 1 is 1.32 bits per heavy atom. The highest BCUT2D eigenvalue weighted by atomic mass is 35.5. The van der Waals surface area contributed by atoms with Crippen molar-refractivity contribution in [2.75, 3.05) is 32.5 Å². The van der Waals surface area contributed by atoms with Crippen molar-refractivity contribution >= 4 is 17.5 Å². The number of anilines is 1. The molecule has 0 spiro atoms. The van der Waals surface area contributed by atoms with Crippen molar-refractivity contribution in [2.45, 2.75) is 6.42 Å². The molecular formula is C11H16ClN7. The summed E-state index contributed by atoms with van der Waals surface area (Å²) in [6.45, 7) is 1.77. The molecule has 1 N–H and O–H groups in total. The summed E-state index contributed by atoms with van der Waals surface area (Å²) in [5, 5.41) is 7.34. The van der Waals surface area contributed by atoms with Gasteiger partial charge in [-0.05, 0) is 44.7 Å². The lowest BCUT2D eigenvalue weighted by Gasteiger charge is -2.10. The molecule has 0 atom stereocenters. The Hall–Kier alpha value is -1.73. The highest BCUT2D eigenvalue weighted by molar-refractivity contribution is 6.28. The fourth-order valence-electron chi connectivity index (χ4n) is 1.50. The van der Waals surface area contributed by atoms with Crippen LogP contribution in [-0.2, 0) is 0 Å². The van der Waals surface area contributed by atoms with E-state index < -0.39 is 0 Å². The minimum absolute atomic E-state index is 0.149. The number of aromatic nitrogens is 5. The van der Waals surface area contributed by atoms with Crippen LogP contribution in [0.3, 0.4) is 0 Å². The van der Waals surface area contributed by atoms with Gasteiger partial charge in [-0.2, -0.15) is 20.1 Å². The van der Waals surface area contributed by atoms with Gasteiger partial charge in [-0.1, -0.05) is 0 Å². The van der Waals surface area contributed by atoms with Crippen molar-refractivity contribution in [2.24, 2.45) is 0 Å². The highest BCUT2D eigenvalue weighted by Gasteiger charge is 2.06. The lowest BCUT2D eigenvalue weighted by atomic mass is 10.4. The summed E-state index contributed by atoms with van der Waals surface area (Å²) in [5.41, 5.74) is 0. The van der Waals surface area contributed by atoms with Crippen LogP contribution >= 0.6 is 11.6 Å². The highest BCUT2D eigenvalue weighted by Crippen LogP contribution is 2.08. The Labute approximate surface area is 116 Å². The van der Waals surface area contributed by atoms with Gasteiger partial charge < -0.3 is 10.2 Å². The van der Waals surface area contributed by atoms with E-state index in [1.54, 1.807) is 23.1 Å². The van der Waals surface area contributed by atoms with Gasteiger partial charge in [-0.25, -0.2) is 4.68 Å². The Bertz CT molecular complexity index is 512. The van der Waals surface area contributed by atoms with Gasteiger partial charge in [0.05, 0.1) is 0 Å². The molecule has 0 radical (unpaired) electrons. The lowest BCUT2D eigenvalue weighted by molar-refractivity contribution is 0.405. The first-order chi connectivity index (χ1) is 9.15. The molecule has 102 valence electrons. The molecular weight excluding hydrogens is 266 g/mol. The van der Waals surface area contributed by atoms with E-state index in [4.69, 9.17) is 11.6 Å². The molecule has 2 aromatic rings. The minimum atomic E-state index is 0.149. The molecule has 0 saturated heterocycles. The summed E-state index contributed by atoms with van der Waals surface area (Å²) < 4.78 is 1.54. The second-order valence-electron chi connectivity index (χ2n) is 4.26. The maximum atomic E-state index is 5.88. The third-order valence-electron chi connectivity index (χ3n) is 2.37. The Morgan fingerprint density at radius 2 is 2.16 bits per heavy atom. The molecule has 7 nitrogen and oxygen atoms in total. The van der Waals surface area contributed by atoms with Gasteiger partial charge in [-0.3, -0.25) is 0 Å². The summed E-state index contributed by atoms with van der Waals surface area (Å²) in [4.78, 5) is 14.5. The van der Waals surface area contributed by atoms with Crippen molar-refractivity contribution in [3.63, 3.8) is 0 Å². The third-order valence-corrected chi connectivity index (χ3v) is 2.54. The van der Waals surface area contributed by atoms with Crippen LogP contribution in [0, 0.1) is 0 Å². The normalized spacial score (nSPS) is 10.9. The summed E-state index contributed by atoms with van der Waals surface area (Å²) in [6, 6.07) is 1.79. The standard InChI is InChI=1S/C11H16ClN7/c1-18(2)7-3-5-13-10-15-9(12)16-11(17-10)19-8-4-6-14-19/h4,6,8H,3,5,7H2,1-2H3,(H,13,15,16,17). The number of nitrogens with one attached hydrogen (secondary N) is 1. The van der Waals surface area contributed by atoms with E-state index in [9.17, 15) is 0 Å². The smallest absolute Gasteiger partial charge is 0.256 e. The molecule has 0 fully saturated rings. The van der Waals surface area contributed by atoms with Gasteiger partial charge in [0, 0.05) is 18.9 Å². The van der Waals surface area contributed by atoms with Crippen molar-refractivity contribution in [3.8, 4) is 5.95 Å². The predicted molar refractivity (Wildman–Crippen MR) is 73.6 cm³/mol. The van der Waals surface area contributed by atoms with Crippen LogP contribution in [0.2, 0.25) is 5.28 Å². The maximum absolute atomic E-state index is 5.88. The number of hydrogen-bond donors (Lipinski definition) is 1. The van der Waals surface area contributed by atoms with Gasteiger partial charge in [0.15, 0.2) is 0 Å². The van der Waals surface area contributed by atoms with E-state index in [0.717, 1.165) is 19.5 Å². The van der Waals surface area contributed by atoms with Gasteiger partial charge in [0.25, 0.3) is 5.95 Å². The van der Waals surface area contributed by atoms with Gasteiger partial charge in [-0.15, -0.1) is 0 Å². The van der Waals surface area contributed by atoms with E-state index in [1.165, 1.54) is 0 Å². The number of nitrogens with zero attached hydrogens (tertiary/aromatic N) is 6. The first-order valence-electron chi connectivity index (χ1n) is 5.95. The zero-order chi connectivity index (χ0) is 13.7. The Balaban J connectivity index is 2.01. The fourth-order valence-corrected chi connectivity index (χ4v) is 1.66. The van der Waals surface area contributed by atoms with E-state index in [1.807, 2.05) is 14.1 Å². The number of rotatable bonds is 6. The summed E-state index contributed by atoms with van der Waals surface area (Å²) >= 11 is 5.88. The third kappa shape index (κ3) is 4.15. The molecule has 0 amide bonds. The molecule has 0 aliphatic carbocycles. The Kier molecular flexibility index (Phi) is 4.64. The summed E-state index contributed by atoms with van der Waals surface area (Å²) in [7, 11) is 4.07. The van der Waals surface area contributed by atoms with Crippen LogP contribution in [0.15, 0.2) is 18.5 Å². The van der Waals surface area contributed by atoms with Crippen LogP contribution in [0.25, 0.3) is 5.95 Å². The molecule has 0 aliphatic rings. The average molecular weight is 282 g/mol. The molecule has 0 bridgehead atoms. The second kappa shape index (κ2) is 6.44. The summed E-state index contributed by atoms with van der Waals surface area (Å²) in [6.07, 6.45) is 4.40. The first-order valence-corrected chi connectivity index (χ1v) is 6.33. The van der Waals surface area contributed by atoms with Crippen molar-refractivity contribution in [1.82, 2.24) is 29.6 Å². The molecule has 8 heteroatoms. The monoisotopic (exact) mass is 281 g/mol. The van der Waals surface area contributed by atoms with Crippen molar-refractivity contribution < 1.29 is 0 Å². The van der Waals surface area contributed by atoms with Crippen molar-refractivity contribution in [1.29, 1.82) is 0 Å². The summed E-state index contributed by atoms with van der Waals surface area (Å²) in [5.74, 6) is 0.865. The molecule has 0 saturated carbocycles. The van der Waals surface area contributed by atoms with Gasteiger partial charge in [0.2, 0.25) is 11.2 Å². The molecule has 0 aromatic carbocycles. The first kappa shape index (κ1) is 13.7. The van der Waals surface area contributed by atoms with Gasteiger partial charge >= 0.3 is 0 Å². The van der Waals surface area contributed by atoms with Crippen LogP contribution < -0.4 is 5.32 Å². The zero-order valence-corrected chi connectivity index (χ0v) is 11.7. The second-order valence-corrected chi connectivity index (χ2v) is 4.60. The van der Waals surface area contributed by atoms with Crippen LogP contribution in [0.4, 0.5) is 5.95 Å². The topological polar surface area (TPSA) is 71.8 Å². The van der Waals surface area contributed by atoms with Gasteiger partial charge in [0.1, 0.15) is 0 Å². The zero-order valence-electron chi connectivity index (χ0n) is 10.9. The molecule has 0 aliphatic heterocycles. The fraction of sp³-hybridized carbons (Fsp3) is 0.455. The number of halogens is 1. The SMILES string of the molecule is CN(C)CCCNc1nc(Cl)nc(-n2cccn2)n1. The quantitative estimate of drug-likeness (QED) is 0.799. The Morgan fingerprint density at radius 3 is 2.84 bits per heavy atom. The van der Waals surface area contributed by atoms with E-state index >= 15 is 0 Å². The van der Waals surface area contributed by atoms with E-state index in [-0.39, 0.29) is 5.28 Å². The average Bonchev–Trinajstić information content (AvgIpc) is 2.87. The van der Waals surface area contributed by atoms with Crippen LogP contribution in [0.1, 0.15) is 6.42 Å². The van der Waals surface area contributed by atoms with Crippen molar-refractivity contribution in [3.05, 3.63) is 23.7 Å². The molecule has 2 rings (SSSR count). The lowest BCUT2D eigenvalue weighted by Crippen LogP contribution is -2.17. The minimum Gasteiger partial charge on any atom is -0.354 e. The van der Waals surface area contributed by atoms with E-state index in [2.05, 4.69) is 30.3 Å². The molecule has 2 aromatic heterocycles. The van der Waals surface area contributed by atoms with E-state index in [0.29, 0.717) is 11.9 Å².